The van der Waals surface area contributed by atoms with Gasteiger partial charge in [0.1, 0.15) is 31.7 Å². The van der Waals surface area contributed by atoms with Crippen molar-refractivity contribution in [3.05, 3.63) is 55.1 Å². The summed E-state index contributed by atoms with van der Waals surface area (Å²) in [4.78, 5) is 21.9. The van der Waals surface area contributed by atoms with Crippen LogP contribution < -0.4 is 4.74 Å². The Labute approximate surface area is 146 Å². The van der Waals surface area contributed by atoms with Crippen molar-refractivity contribution in [2.75, 3.05) is 19.8 Å². The molecule has 0 aromatic heterocycles. The third kappa shape index (κ3) is 8.14. The average Bonchev–Trinajstić information content (AvgIpc) is 2.63. The molecule has 25 heavy (non-hydrogen) atoms. The van der Waals surface area contributed by atoms with Crippen LogP contribution in [0.4, 0.5) is 0 Å². The molecule has 1 aromatic rings. The molecule has 0 aliphatic heterocycles. The fraction of sp³-hybridized carbons (Fsp3) is 0.333. The lowest BCUT2D eigenvalue weighted by Crippen LogP contribution is -2.25. The molecule has 1 rings (SSSR count). The minimum absolute atomic E-state index is 0.0943. The van der Waals surface area contributed by atoms with Gasteiger partial charge in [0, 0.05) is 18.6 Å². The zero-order valence-electron chi connectivity index (χ0n) is 13.8. The molecule has 7 nitrogen and oxygen atoms in total. The summed E-state index contributed by atoms with van der Waals surface area (Å²) >= 11 is 0. The molecule has 0 heterocycles. The third-order valence-corrected chi connectivity index (χ3v) is 3.03. The summed E-state index contributed by atoms with van der Waals surface area (Å²) in [5.74, 6) is -0.775. The van der Waals surface area contributed by atoms with Crippen molar-refractivity contribution in [3.8, 4) is 5.75 Å². The minimum atomic E-state index is -1.00. The maximum absolute atomic E-state index is 11.0. The zero-order valence-corrected chi connectivity index (χ0v) is 13.8. The second kappa shape index (κ2) is 11.0. The fourth-order valence-electron chi connectivity index (χ4n) is 1.83. The van der Waals surface area contributed by atoms with Gasteiger partial charge in [-0.2, -0.15) is 0 Å². The lowest BCUT2D eigenvalue weighted by molar-refractivity contribution is -0.141. The van der Waals surface area contributed by atoms with Crippen molar-refractivity contribution < 1.29 is 34.0 Å². The largest absolute Gasteiger partial charge is 0.490 e. The van der Waals surface area contributed by atoms with Crippen LogP contribution in [-0.2, 0) is 25.5 Å². The second-order valence-corrected chi connectivity index (χ2v) is 5.10. The maximum atomic E-state index is 11.0. The molecule has 2 atom stereocenters. The van der Waals surface area contributed by atoms with Crippen LogP contribution in [0.2, 0.25) is 0 Å². The van der Waals surface area contributed by atoms with Gasteiger partial charge in [0.25, 0.3) is 0 Å². The number of benzene rings is 1. The van der Waals surface area contributed by atoms with Crippen LogP contribution in [0.5, 0.6) is 5.75 Å². The molecule has 2 unspecified atom stereocenters. The van der Waals surface area contributed by atoms with Crippen molar-refractivity contribution in [1.82, 2.24) is 0 Å². The van der Waals surface area contributed by atoms with Gasteiger partial charge in [-0.3, -0.25) is 0 Å². The zero-order chi connectivity index (χ0) is 18.7. The number of esters is 2. The summed E-state index contributed by atoms with van der Waals surface area (Å²) in [7, 11) is 0. The first-order valence-corrected chi connectivity index (χ1v) is 7.61. The molecule has 7 heteroatoms. The van der Waals surface area contributed by atoms with Crippen LogP contribution in [0.25, 0.3) is 0 Å². The van der Waals surface area contributed by atoms with Crippen LogP contribution in [0.1, 0.15) is 5.56 Å². The number of aliphatic hydroxyl groups is 2. The van der Waals surface area contributed by atoms with Crippen LogP contribution >= 0.6 is 0 Å². The van der Waals surface area contributed by atoms with Crippen LogP contribution in [0, 0.1) is 0 Å². The molecule has 0 bridgehead atoms. The number of hydrogen-bond acceptors (Lipinski definition) is 7. The molecular formula is C18H22O7. The van der Waals surface area contributed by atoms with Crippen molar-refractivity contribution in [2.45, 2.75) is 18.6 Å². The Bertz CT molecular complexity index is 597. The first kappa shape index (κ1) is 20.4. The summed E-state index contributed by atoms with van der Waals surface area (Å²) in [5.41, 5.74) is 0.680. The van der Waals surface area contributed by atoms with Gasteiger partial charge in [-0.1, -0.05) is 31.4 Å². The number of carbonyl (C=O) groups is 2. The quantitative estimate of drug-likeness (QED) is 0.449. The van der Waals surface area contributed by atoms with E-state index in [-0.39, 0.29) is 26.2 Å². The standard InChI is InChI=1S/C18H22O7/c1-3-17(21)24-10-14(19)9-13-7-5-6-8-16(13)23-11-15(20)12-25-18(22)4-2/h3-8,14-15,19-20H,1-2,9-12H2. The van der Waals surface area contributed by atoms with Crippen molar-refractivity contribution in [3.63, 3.8) is 0 Å². The number of ether oxygens (including phenoxy) is 3. The third-order valence-electron chi connectivity index (χ3n) is 3.03. The number of carbonyl (C=O) groups excluding carboxylic acids is 2. The molecule has 0 saturated carbocycles. The highest BCUT2D eigenvalue weighted by Crippen LogP contribution is 2.20. The monoisotopic (exact) mass is 350 g/mol. The smallest absolute Gasteiger partial charge is 0.330 e. The van der Waals surface area contributed by atoms with E-state index in [0.29, 0.717) is 11.3 Å². The molecule has 0 fully saturated rings. The minimum Gasteiger partial charge on any atom is -0.490 e. The Kier molecular flexibility index (Phi) is 8.99. The van der Waals surface area contributed by atoms with E-state index in [1.165, 1.54) is 0 Å². The first-order chi connectivity index (χ1) is 12.0. The molecule has 0 radical (unpaired) electrons. The van der Waals surface area contributed by atoms with Gasteiger partial charge in [-0.05, 0) is 11.6 Å². The molecule has 0 aliphatic carbocycles. The van der Waals surface area contributed by atoms with Crippen molar-refractivity contribution >= 4 is 11.9 Å². The Hall–Kier alpha value is -2.64. The summed E-state index contributed by atoms with van der Waals surface area (Å²) < 4.78 is 15.0. The molecule has 0 amide bonds. The van der Waals surface area contributed by atoms with Gasteiger partial charge in [-0.15, -0.1) is 0 Å². The Balaban J connectivity index is 2.52. The van der Waals surface area contributed by atoms with Crippen molar-refractivity contribution in [2.24, 2.45) is 0 Å². The van der Waals surface area contributed by atoms with Gasteiger partial charge in [0.2, 0.25) is 0 Å². The molecule has 136 valence electrons. The van der Waals surface area contributed by atoms with Gasteiger partial charge < -0.3 is 24.4 Å². The topological polar surface area (TPSA) is 102 Å². The summed E-state index contributed by atoms with van der Waals surface area (Å²) in [6.45, 7) is 6.05. The Morgan fingerprint density at radius 2 is 1.52 bits per heavy atom. The average molecular weight is 350 g/mol. The van der Waals surface area contributed by atoms with E-state index in [0.717, 1.165) is 12.2 Å². The highest BCUT2D eigenvalue weighted by Gasteiger charge is 2.13. The summed E-state index contributed by atoms with van der Waals surface area (Å²) in [6.07, 6.45) is 0.304. The second-order valence-electron chi connectivity index (χ2n) is 5.10. The van der Waals surface area contributed by atoms with E-state index in [4.69, 9.17) is 14.2 Å². The van der Waals surface area contributed by atoms with E-state index in [2.05, 4.69) is 13.2 Å². The molecule has 0 spiro atoms. The fourth-order valence-corrected chi connectivity index (χ4v) is 1.83. The van der Waals surface area contributed by atoms with E-state index in [9.17, 15) is 19.8 Å². The van der Waals surface area contributed by atoms with Crippen LogP contribution in [0.3, 0.4) is 0 Å². The van der Waals surface area contributed by atoms with Gasteiger partial charge in [0.05, 0.1) is 6.10 Å². The molecular weight excluding hydrogens is 328 g/mol. The number of para-hydroxylation sites is 1. The molecule has 2 N–H and O–H groups in total. The van der Waals surface area contributed by atoms with E-state index >= 15 is 0 Å². The van der Waals surface area contributed by atoms with Crippen LogP contribution in [0.15, 0.2) is 49.6 Å². The normalized spacial score (nSPS) is 12.6. The Morgan fingerprint density at radius 1 is 0.960 bits per heavy atom. The predicted molar refractivity (Wildman–Crippen MR) is 90.0 cm³/mol. The predicted octanol–water partition coefficient (Wildman–Crippen LogP) is 0.788. The van der Waals surface area contributed by atoms with E-state index in [1.54, 1.807) is 24.3 Å². The summed E-state index contributed by atoms with van der Waals surface area (Å²) in [5, 5.41) is 19.7. The molecule has 0 saturated heterocycles. The Morgan fingerprint density at radius 3 is 2.12 bits per heavy atom. The lowest BCUT2D eigenvalue weighted by Gasteiger charge is -2.16. The maximum Gasteiger partial charge on any atom is 0.330 e. The number of aliphatic hydroxyl groups excluding tert-OH is 2. The molecule has 1 aromatic carbocycles. The van der Waals surface area contributed by atoms with Crippen LogP contribution in [-0.4, -0.2) is 54.2 Å². The SMILES string of the molecule is C=CC(=O)OCC(O)COc1ccccc1CC(O)COC(=O)C=C. The number of rotatable bonds is 11. The highest BCUT2D eigenvalue weighted by atomic mass is 16.6. The van der Waals surface area contributed by atoms with E-state index < -0.39 is 24.1 Å². The van der Waals surface area contributed by atoms with E-state index in [1.807, 2.05) is 0 Å². The first-order valence-electron chi connectivity index (χ1n) is 7.61. The number of hydrogen-bond donors (Lipinski definition) is 2. The molecule has 0 aliphatic rings. The summed E-state index contributed by atoms with van der Waals surface area (Å²) in [6, 6.07) is 6.94. The van der Waals surface area contributed by atoms with Gasteiger partial charge in [0.15, 0.2) is 0 Å². The van der Waals surface area contributed by atoms with Gasteiger partial charge in [-0.25, -0.2) is 9.59 Å². The van der Waals surface area contributed by atoms with Gasteiger partial charge >= 0.3 is 11.9 Å². The lowest BCUT2D eigenvalue weighted by atomic mass is 10.1. The van der Waals surface area contributed by atoms with Crippen molar-refractivity contribution in [1.29, 1.82) is 0 Å². The highest BCUT2D eigenvalue weighted by molar-refractivity contribution is 5.81.